The van der Waals surface area contributed by atoms with Crippen LogP contribution in [0.3, 0.4) is 0 Å². The molecule has 0 aliphatic carbocycles. The van der Waals surface area contributed by atoms with E-state index in [-0.39, 0.29) is 23.1 Å². The molecule has 0 saturated heterocycles. The molecule has 16 heavy (non-hydrogen) atoms. The highest BCUT2D eigenvalue weighted by Crippen LogP contribution is 2.08. The molecule has 1 aliphatic rings. The van der Waals surface area contributed by atoms with E-state index in [9.17, 15) is 0 Å². The van der Waals surface area contributed by atoms with Crippen LogP contribution < -0.4 is 6.15 Å². The Hall–Kier alpha value is -0.220. The van der Waals surface area contributed by atoms with E-state index in [0.29, 0.717) is 0 Å². The van der Waals surface area contributed by atoms with Crippen LogP contribution in [0.1, 0.15) is 45.4 Å². The van der Waals surface area contributed by atoms with Crippen LogP contribution in [0.25, 0.3) is 0 Å². The molecular formula is C12H28BrN3. The maximum absolute atomic E-state index is 2.39. The van der Waals surface area contributed by atoms with Gasteiger partial charge in [0.05, 0.1) is 6.67 Å². The fourth-order valence-electron chi connectivity index (χ4n) is 1.83. The maximum Gasteiger partial charge on any atom is 0.0890 e. The van der Waals surface area contributed by atoms with Crippen molar-refractivity contribution in [1.82, 2.24) is 16.0 Å². The van der Waals surface area contributed by atoms with Gasteiger partial charge in [0.2, 0.25) is 0 Å². The monoisotopic (exact) mass is 293 g/mol. The van der Waals surface area contributed by atoms with E-state index in [1.54, 1.807) is 0 Å². The molecule has 98 valence electrons. The molecule has 1 aliphatic heterocycles. The van der Waals surface area contributed by atoms with Crippen molar-refractivity contribution in [2.75, 3.05) is 20.3 Å². The summed E-state index contributed by atoms with van der Waals surface area (Å²) < 4.78 is 0. The van der Waals surface area contributed by atoms with Crippen molar-refractivity contribution in [2.24, 2.45) is 0 Å². The lowest BCUT2D eigenvalue weighted by Crippen LogP contribution is -2.23. The molecule has 0 bridgehead atoms. The summed E-state index contributed by atoms with van der Waals surface area (Å²) in [6.07, 6.45) is 12.7. The Balaban J connectivity index is 0. The van der Waals surface area contributed by atoms with Gasteiger partial charge in [-0.05, 0) is 6.42 Å². The van der Waals surface area contributed by atoms with Crippen LogP contribution in [-0.4, -0.2) is 30.1 Å². The van der Waals surface area contributed by atoms with Crippen LogP contribution in [0, 0.1) is 0 Å². The van der Waals surface area contributed by atoms with Gasteiger partial charge in [0.25, 0.3) is 0 Å². The Labute approximate surface area is 111 Å². The Morgan fingerprint density at radius 1 is 1.00 bits per heavy atom. The predicted octanol–water partition coefficient (Wildman–Crippen LogP) is 3.76. The SMILES string of the molecule is Br.CCCCCCCCN1C=CN(C)C1.N. The minimum Gasteiger partial charge on any atom is -0.362 e. The first-order chi connectivity index (χ1) is 6.83. The average Bonchev–Trinajstić information content (AvgIpc) is 2.58. The summed E-state index contributed by atoms with van der Waals surface area (Å²) in [7, 11) is 2.12. The molecule has 0 spiro atoms. The van der Waals surface area contributed by atoms with Crippen molar-refractivity contribution in [2.45, 2.75) is 45.4 Å². The normalized spacial score (nSPS) is 13.6. The van der Waals surface area contributed by atoms with Crippen molar-refractivity contribution in [3.8, 4) is 0 Å². The van der Waals surface area contributed by atoms with E-state index >= 15 is 0 Å². The molecule has 0 saturated carbocycles. The summed E-state index contributed by atoms with van der Waals surface area (Å²) >= 11 is 0. The van der Waals surface area contributed by atoms with Gasteiger partial charge >= 0.3 is 0 Å². The van der Waals surface area contributed by atoms with Gasteiger partial charge in [-0.25, -0.2) is 0 Å². The second kappa shape index (κ2) is 11.3. The molecule has 0 atom stereocenters. The minimum atomic E-state index is 0. The molecule has 3 N–H and O–H groups in total. The molecule has 0 aromatic carbocycles. The smallest absolute Gasteiger partial charge is 0.0890 e. The summed E-state index contributed by atoms with van der Waals surface area (Å²) in [5.74, 6) is 0. The van der Waals surface area contributed by atoms with E-state index in [0.717, 1.165) is 6.67 Å². The first-order valence-corrected chi connectivity index (χ1v) is 5.95. The number of nitrogens with zero attached hydrogens (tertiary/aromatic N) is 2. The third-order valence-corrected chi connectivity index (χ3v) is 2.74. The van der Waals surface area contributed by atoms with E-state index in [2.05, 4.69) is 36.2 Å². The highest BCUT2D eigenvalue weighted by Gasteiger charge is 2.06. The quantitative estimate of drug-likeness (QED) is 0.727. The van der Waals surface area contributed by atoms with Gasteiger partial charge < -0.3 is 16.0 Å². The molecule has 0 aromatic rings. The van der Waals surface area contributed by atoms with Crippen LogP contribution >= 0.6 is 17.0 Å². The van der Waals surface area contributed by atoms with Gasteiger partial charge in [0.15, 0.2) is 0 Å². The molecule has 1 rings (SSSR count). The van der Waals surface area contributed by atoms with Crippen molar-refractivity contribution >= 4 is 17.0 Å². The molecule has 3 nitrogen and oxygen atoms in total. The van der Waals surface area contributed by atoms with E-state index in [1.807, 2.05) is 0 Å². The third kappa shape index (κ3) is 7.99. The molecule has 4 heteroatoms. The summed E-state index contributed by atoms with van der Waals surface area (Å²) in [6, 6.07) is 0. The molecule has 0 radical (unpaired) electrons. The fourth-order valence-corrected chi connectivity index (χ4v) is 1.83. The molecule has 0 fully saturated rings. The maximum atomic E-state index is 2.39. The Morgan fingerprint density at radius 2 is 1.62 bits per heavy atom. The predicted molar refractivity (Wildman–Crippen MR) is 77.2 cm³/mol. The van der Waals surface area contributed by atoms with Crippen LogP contribution in [0.4, 0.5) is 0 Å². The molecular weight excluding hydrogens is 266 g/mol. The third-order valence-electron chi connectivity index (χ3n) is 2.74. The number of halogens is 1. The standard InChI is InChI=1S/C12H24N2.BrH.H3N/c1-3-4-5-6-7-8-9-14-11-10-13(2)12-14;;/h10-11H,3-9,12H2,1-2H3;1H;1H3. The zero-order valence-electron chi connectivity index (χ0n) is 10.8. The molecule has 1 heterocycles. The summed E-state index contributed by atoms with van der Waals surface area (Å²) in [4.78, 5) is 4.61. The van der Waals surface area contributed by atoms with Gasteiger partial charge in [-0.1, -0.05) is 39.0 Å². The van der Waals surface area contributed by atoms with Crippen LogP contribution in [0.2, 0.25) is 0 Å². The van der Waals surface area contributed by atoms with Gasteiger partial charge in [0.1, 0.15) is 0 Å². The molecule has 0 unspecified atom stereocenters. The average molecular weight is 294 g/mol. The van der Waals surface area contributed by atoms with Crippen LogP contribution in [0.15, 0.2) is 12.4 Å². The second-order valence-electron chi connectivity index (χ2n) is 4.28. The largest absolute Gasteiger partial charge is 0.362 e. The lowest BCUT2D eigenvalue weighted by Gasteiger charge is -2.17. The van der Waals surface area contributed by atoms with E-state index in [4.69, 9.17) is 0 Å². The number of unbranched alkanes of at least 4 members (excludes halogenated alkanes) is 5. The number of hydrogen-bond acceptors (Lipinski definition) is 3. The van der Waals surface area contributed by atoms with Gasteiger partial charge in [-0.3, -0.25) is 0 Å². The lowest BCUT2D eigenvalue weighted by atomic mass is 10.1. The minimum absolute atomic E-state index is 0. The molecule has 0 amide bonds. The van der Waals surface area contributed by atoms with Crippen molar-refractivity contribution < 1.29 is 0 Å². The fraction of sp³-hybridized carbons (Fsp3) is 0.833. The van der Waals surface area contributed by atoms with Gasteiger partial charge in [0, 0.05) is 26.0 Å². The first kappa shape index (κ1) is 18.2. The Kier molecular flexibility index (Phi) is 12.8. The number of hydrogen-bond donors (Lipinski definition) is 1. The zero-order chi connectivity index (χ0) is 10.2. The van der Waals surface area contributed by atoms with Gasteiger partial charge in [-0.15, -0.1) is 17.0 Å². The van der Waals surface area contributed by atoms with Crippen LogP contribution in [0.5, 0.6) is 0 Å². The topological polar surface area (TPSA) is 41.5 Å². The number of rotatable bonds is 7. The first-order valence-electron chi connectivity index (χ1n) is 5.95. The Bertz CT molecular complexity index is 174. The lowest BCUT2D eigenvalue weighted by molar-refractivity contribution is 0.290. The van der Waals surface area contributed by atoms with E-state index < -0.39 is 0 Å². The zero-order valence-corrected chi connectivity index (χ0v) is 12.5. The summed E-state index contributed by atoms with van der Waals surface area (Å²) in [6.45, 7) is 4.58. The van der Waals surface area contributed by atoms with Crippen molar-refractivity contribution in [3.05, 3.63) is 12.4 Å². The van der Waals surface area contributed by atoms with Gasteiger partial charge in [-0.2, -0.15) is 0 Å². The Morgan fingerprint density at radius 3 is 2.19 bits per heavy atom. The molecule has 0 aromatic heterocycles. The second-order valence-corrected chi connectivity index (χ2v) is 4.28. The van der Waals surface area contributed by atoms with Crippen molar-refractivity contribution in [1.29, 1.82) is 0 Å². The highest BCUT2D eigenvalue weighted by molar-refractivity contribution is 8.93. The summed E-state index contributed by atoms with van der Waals surface area (Å²) in [5.41, 5.74) is 0. The van der Waals surface area contributed by atoms with Crippen LogP contribution in [-0.2, 0) is 0 Å². The highest BCUT2D eigenvalue weighted by atomic mass is 79.9. The van der Waals surface area contributed by atoms with E-state index in [1.165, 1.54) is 45.1 Å². The van der Waals surface area contributed by atoms with Crippen molar-refractivity contribution in [3.63, 3.8) is 0 Å². The summed E-state index contributed by atoms with van der Waals surface area (Å²) in [5, 5.41) is 0.